The summed E-state index contributed by atoms with van der Waals surface area (Å²) in [5.74, 6) is 3.54. The van der Waals surface area contributed by atoms with Crippen molar-refractivity contribution in [2.75, 3.05) is 29.5 Å². The van der Waals surface area contributed by atoms with E-state index in [4.69, 9.17) is 4.98 Å². The summed E-state index contributed by atoms with van der Waals surface area (Å²) in [4.78, 5) is 7.29. The van der Waals surface area contributed by atoms with E-state index in [2.05, 4.69) is 54.4 Å². The van der Waals surface area contributed by atoms with Crippen LogP contribution in [0.3, 0.4) is 0 Å². The molecule has 0 bridgehead atoms. The highest BCUT2D eigenvalue weighted by molar-refractivity contribution is 7.99. The van der Waals surface area contributed by atoms with Crippen LogP contribution in [0.4, 0.5) is 5.82 Å². The minimum absolute atomic E-state index is 0.492. The fourth-order valence-electron chi connectivity index (χ4n) is 2.65. The number of fused-ring (bicyclic) bond motifs is 1. The molecule has 0 saturated carbocycles. The first-order valence-electron chi connectivity index (χ1n) is 7.69. The van der Waals surface area contributed by atoms with E-state index in [1.165, 1.54) is 22.5 Å². The molecule has 1 aromatic carbocycles. The number of nitrogens with one attached hydrogen (secondary N) is 1. The molecule has 4 heteroatoms. The van der Waals surface area contributed by atoms with E-state index in [1.807, 2.05) is 11.8 Å². The smallest absolute Gasteiger partial charge is 0.129 e. The van der Waals surface area contributed by atoms with Crippen molar-refractivity contribution >= 4 is 28.5 Å². The lowest BCUT2D eigenvalue weighted by Crippen LogP contribution is -2.33. The Balaban J connectivity index is 1.97. The van der Waals surface area contributed by atoms with Gasteiger partial charge in [0, 0.05) is 42.6 Å². The fraction of sp³-hybridized carbons (Fsp3) is 0.471. The van der Waals surface area contributed by atoms with Crippen molar-refractivity contribution in [2.45, 2.75) is 26.4 Å². The number of benzene rings is 1. The average molecular weight is 301 g/mol. The molecular weight excluding hydrogens is 278 g/mol. The molecule has 0 amide bonds. The average Bonchev–Trinajstić information content (AvgIpc) is 2.53. The molecule has 1 fully saturated rings. The Kier molecular flexibility index (Phi) is 4.66. The third-order valence-electron chi connectivity index (χ3n) is 3.82. The van der Waals surface area contributed by atoms with Gasteiger partial charge in [-0.1, -0.05) is 32.0 Å². The van der Waals surface area contributed by atoms with Crippen LogP contribution in [0, 0.1) is 0 Å². The van der Waals surface area contributed by atoms with Crippen LogP contribution in [-0.2, 0) is 6.54 Å². The number of nitrogens with zero attached hydrogens (tertiary/aromatic N) is 2. The number of aromatic nitrogens is 1. The summed E-state index contributed by atoms with van der Waals surface area (Å²) in [6.45, 7) is 7.48. The Morgan fingerprint density at radius 1 is 1.24 bits per heavy atom. The minimum atomic E-state index is 0.492. The summed E-state index contributed by atoms with van der Waals surface area (Å²) < 4.78 is 0. The summed E-state index contributed by atoms with van der Waals surface area (Å²) in [5.41, 5.74) is 2.45. The van der Waals surface area contributed by atoms with Crippen LogP contribution in [-0.4, -0.2) is 35.6 Å². The van der Waals surface area contributed by atoms with E-state index in [0.717, 1.165) is 31.0 Å². The van der Waals surface area contributed by atoms with Crippen molar-refractivity contribution in [3.8, 4) is 0 Å². The third kappa shape index (κ3) is 3.50. The molecule has 0 unspecified atom stereocenters. The lowest BCUT2D eigenvalue weighted by atomic mass is 10.1. The maximum atomic E-state index is 4.88. The predicted octanol–water partition coefficient (Wildman–Crippen LogP) is 3.29. The predicted molar refractivity (Wildman–Crippen MR) is 93.3 cm³/mol. The van der Waals surface area contributed by atoms with Crippen LogP contribution in [0.25, 0.3) is 10.9 Å². The van der Waals surface area contributed by atoms with Gasteiger partial charge in [0.05, 0.1) is 5.52 Å². The summed E-state index contributed by atoms with van der Waals surface area (Å²) in [7, 11) is 0. The second kappa shape index (κ2) is 6.67. The Labute approximate surface area is 131 Å². The van der Waals surface area contributed by atoms with Gasteiger partial charge in [0.2, 0.25) is 0 Å². The summed E-state index contributed by atoms with van der Waals surface area (Å²) >= 11 is 2.03. The molecule has 1 aromatic heterocycles. The molecule has 0 aliphatic carbocycles. The number of para-hydroxylation sites is 1. The van der Waals surface area contributed by atoms with Crippen molar-refractivity contribution in [1.82, 2.24) is 10.3 Å². The lowest BCUT2D eigenvalue weighted by molar-refractivity contribution is 0.590. The van der Waals surface area contributed by atoms with Crippen LogP contribution in [0.2, 0.25) is 0 Å². The molecule has 1 aliphatic rings. The molecule has 1 aliphatic heterocycles. The molecule has 0 radical (unpaired) electrons. The molecule has 0 atom stereocenters. The van der Waals surface area contributed by atoms with Gasteiger partial charge in [0.25, 0.3) is 0 Å². The SMILES string of the molecule is CC(C)NCc1cc(N2CCSCC2)nc2ccccc12. The summed E-state index contributed by atoms with van der Waals surface area (Å²) in [6, 6.07) is 11.2. The maximum absolute atomic E-state index is 4.88. The highest BCUT2D eigenvalue weighted by atomic mass is 32.2. The van der Waals surface area contributed by atoms with Gasteiger partial charge in [-0.15, -0.1) is 0 Å². The standard InChI is InChI=1S/C17H23N3S/c1-13(2)18-12-14-11-17(20-7-9-21-10-8-20)19-16-6-4-3-5-15(14)16/h3-6,11,13,18H,7-10,12H2,1-2H3. The zero-order valence-corrected chi connectivity index (χ0v) is 13.6. The second-order valence-corrected chi connectivity index (χ2v) is 7.02. The van der Waals surface area contributed by atoms with Crippen LogP contribution in [0.15, 0.2) is 30.3 Å². The normalized spacial score (nSPS) is 15.9. The second-order valence-electron chi connectivity index (χ2n) is 5.79. The molecule has 1 N–H and O–H groups in total. The van der Waals surface area contributed by atoms with E-state index < -0.39 is 0 Å². The molecule has 0 spiro atoms. The molecule has 3 rings (SSSR count). The first kappa shape index (κ1) is 14.7. The van der Waals surface area contributed by atoms with Crippen LogP contribution >= 0.6 is 11.8 Å². The Bertz CT molecular complexity index is 606. The van der Waals surface area contributed by atoms with Crippen LogP contribution in [0.5, 0.6) is 0 Å². The molecule has 1 saturated heterocycles. The lowest BCUT2D eigenvalue weighted by Gasteiger charge is -2.28. The number of hydrogen-bond acceptors (Lipinski definition) is 4. The minimum Gasteiger partial charge on any atom is -0.355 e. The molecule has 2 aromatic rings. The van der Waals surface area contributed by atoms with Crippen LogP contribution in [0.1, 0.15) is 19.4 Å². The van der Waals surface area contributed by atoms with E-state index >= 15 is 0 Å². The van der Waals surface area contributed by atoms with Crippen molar-refractivity contribution in [3.63, 3.8) is 0 Å². The van der Waals surface area contributed by atoms with E-state index in [0.29, 0.717) is 6.04 Å². The first-order valence-corrected chi connectivity index (χ1v) is 8.84. The summed E-state index contributed by atoms with van der Waals surface area (Å²) in [6.07, 6.45) is 0. The number of rotatable bonds is 4. The maximum Gasteiger partial charge on any atom is 0.129 e. The Morgan fingerprint density at radius 3 is 2.76 bits per heavy atom. The van der Waals surface area contributed by atoms with Gasteiger partial charge in [0.1, 0.15) is 5.82 Å². The zero-order valence-electron chi connectivity index (χ0n) is 12.8. The molecular formula is C17H23N3S. The first-order chi connectivity index (χ1) is 10.2. The van der Waals surface area contributed by atoms with Crippen molar-refractivity contribution < 1.29 is 0 Å². The molecule has 2 heterocycles. The number of thioether (sulfide) groups is 1. The largest absolute Gasteiger partial charge is 0.355 e. The number of pyridine rings is 1. The Morgan fingerprint density at radius 2 is 2.00 bits per heavy atom. The Hall–Kier alpha value is -1.26. The summed E-state index contributed by atoms with van der Waals surface area (Å²) in [5, 5.41) is 4.80. The quantitative estimate of drug-likeness (QED) is 0.938. The molecule has 3 nitrogen and oxygen atoms in total. The number of hydrogen-bond donors (Lipinski definition) is 1. The van der Waals surface area contributed by atoms with Gasteiger partial charge >= 0.3 is 0 Å². The highest BCUT2D eigenvalue weighted by Gasteiger charge is 2.14. The van der Waals surface area contributed by atoms with Gasteiger partial charge in [-0.3, -0.25) is 0 Å². The molecule has 21 heavy (non-hydrogen) atoms. The van der Waals surface area contributed by atoms with Gasteiger partial charge in [-0.25, -0.2) is 4.98 Å². The fourth-order valence-corrected chi connectivity index (χ4v) is 3.55. The van der Waals surface area contributed by atoms with E-state index in [1.54, 1.807) is 0 Å². The van der Waals surface area contributed by atoms with Gasteiger partial charge in [-0.2, -0.15) is 11.8 Å². The topological polar surface area (TPSA) is 28.2 Å². The number of anilines is 1. The third-order valence-corrected chi connectivity index (χ3v) is 4.77. The van der Waals surface area contributed by atoms with Gasteiger partial charge < -0.3 is 10.2 Å². The van der Waals surface area contributed by atoms with Crippen molar-refractivity contribution in [2.24, 2.45) is 0 Å². The van der Waals surface area contributed by atoms with Gasteiger partial charge in [0.15, 0.2) is 0 Å². The highest BCUT2D eigenvalue weighted by Crippen LogP contribution is 2.25. The van der Waals surface area contributed by atoms with Crippen molar-refractivity contribution in [3.05, 3.63) is 35.9 Å². The van der Waals surface area contributed by atoms with Gasteiger partial charge in [-0.05, 0) is 17.7 Å². The van der Waals surface area contributed by atoms with Crippen molar-refractivity contribution in [1.29, 1.82) is 0 Å². The monoisotopic (exact) mass is 301 g/mol. The van der Waals surface area contributed by atoms with E-state index in [-0.39, 0.29) is 0 Å². The zero-order chi connectivity index (χ0) is 14.7. The van der Waals surface area contributed by atoms with Crippen LogP contribution < -0.4 is 10.2 Å². The molecule has 112 valence electrons. The van der Waals surface area contributed by atoms with E-state index in [9.17, 15) is 0 Å².